The van der Waals surface area contributed by atoms with E-state index < -0.39 is 0 Å². The Labute approximate surface area is 152 Å². The van der Waals surface area contributed by atoms with Gasteiger partial charge in [-0.05, 0) is 42.5 Å². The van der Waals surface area contributed by atoms with Crippen molar-refractivity contribution in [3.8, 4) is 5.75 Å². The summed E-state index contributed by atoms with van der Waals surface area (Å²) in [5.41, 5.74) is 5.04. The number of hydrogen-bond donors (Lipinski definition) is 1. The van der Waals surface area contributed by atoms with E-state index in [1.54, 1.807) is 0 Å². The topological polar surface area (TPSA) is 43.9 Å². The molecule has 132 valence electrons. The summed E-state index contributed by atoms with van der Waals surface area (Å²) in [5, 5.41) is 1.10. The third-order valence-electron chi connectivity index (χ3n) is 5.67. The van der Waals surface area contributed by atoms with Crippen LogP contribution in [0, 0.1) is 0 Å². The molecule has 1 atom stereocenters. The highest BCUT2D eigenvalue weighted by atomic mass is 16.5. The normalized spacial score (nSPS) is 18.4. The largest absolute Gasteiger partial charge is 0.445 e. The van der Waals surface area contributed by atoms with Crippen molar-refractivity contribution in [2.45, 2.75) is 32.2 Å². The zero-order valence-corrected chi connectivity index (χ0v) is 14.7. The Morgan fingerprint density at radius 1 is 0.962 bits per heavy atom. The summed E-state index contributed by atoms with van der Waals surface area (Å²) in [6.45, 7) is 2.48. The average Bonchev–Trinajstić information content (AvgIpc) is 3.18. The van der Waals surface area contributed by atoms with Crippen molar-refractivity contribution in [1.82, 2.24) is 0 Å². The van der Waals surface area contributed by atoms with Crippen molar-refractivity contribution >= 4 is 11.0 Å². The molecule has 0 bridgehead atoms. The van der Waals surface area contributed by atoms with Crippen LogP contribution in [0.25, 0.3) is 11.0 Å². The SMILES string of the molecule is O=c1oc2c3c(ccc2c2c1CCC2)OC[NH+](CCc1ccccc1)C3. The van der Waals surface area contributed by atoms with Gasteiger partial charge in [-0.2, -0.15) is 0 Å². The lowest BCUT2D eigenvalue weighted by Gasteiger charge is -2.26. The van der Waals surface area contributed by atoms with E-state index in [2.05, 4.69) is 30.3 Å². The van der Waals surface area contributed by atoms with Crippen LogP contribution >= 0.6 is 0 Å². The Morgan fingerprint density at radius 2 is 1.81 bits per heavy atom. The molecule has 4 nitrogen and oxygen atoms in total. The summed E-state index contributed by atoms with van der Waals surface area (Å²) in [6.07, 6.45) is 3.87. The molecule has 0 radical (unpaired) electrons. The number of quaternary nitrogens is 1. The molecule has 5 rings (SSSR count). The van der Waals surface area contributed by atoms with Crippen LogP contribution in [0.15, 0.2) is 51.7 Å². The van der Waals surface area contributed by atoms with E-state index in [1.807, 2.05) is 12.1 Å². The van der Waals surface area contributed by atoms with Gasteiger partial charge in [-0.15, -0.1) is 0 Å². The van der Waals surface area contributed by atoms with Gasteiger partial charge in [0.1, 0.15) is 12.3 Å². The summed E-state index contributed by atoms with van der Waals surface area (Å²) < 4.78 is 11.8. The van der Waals surface area contributed by atoms with Crippen molar-refractivity contribution in [3.05, 3.63) is 75.1 Å². The van der Waals surface area contributed by atoms with Crippen LogP contribution in [-0.4, -0.2) is 13.3 Å². The molecule has 1 N–H and O–H groups in total. The molecule has 0 saturated carbocycles. The summed E-state index contributed by atoms with van der Waals surface area (Å²) in [6, 6.07) is 14.6. The van der Waals surface area contributed by atoms with Crippen LogP contribution in [0.4, 0.5) is 0 Å². The molecule has 2 heterocycles. The van der Waals surface area contributed by atoms with E-state index in [0.29, 0.717) is 6.73 Å². The Kier molecular flexibility index (Phi) is 3.79. The number of aryl methyl sites for hydroxylation is 1. The second-order valence-corrected chi connectivity index (χ2v) is 7.32. The standard InChI is InChI=1S/C22H21NO3/c24-22-18-8-4-7-16(18)17-9-10-20-19(21(17)26-22)13-23(14-25-20)12-11-15-5-2-1-3-6-15/h1-3,5-6,9-10H,4,7-8,11-14H2/p+1. The lowest BCUT2D eigenvalue weighted by Crippen LogP contribution is -3.12. The van der Waals surface area contributed by atoms with Gasteiger partial charge in [-0.25, -0.2) is 4.79 Å². The first-order chi connectivity index (χ1) is 12.8. The molecule has 3 aromatic rings. The molecular formula is C22H22NO3+. The molecule has 0 fully saturated rings. The highest BCUT2D eigenvalue weighted by molar-refractivity contribution is 5.86. The number of rotatable bonds is 3. The number of benzene rings is 2. The predicted octanol–water partition coefficient (Wildman–Crippen LogP) is 2.26. The fourth-order valence-electron chi connectivity index (χ4n) is 4.29. The van der Waals surface area contributed by atoms with Gasteiger partial charge in [0.25, 0.3) is 0 Å². The van der Waals surface area contributed by atoms with Gasteiger partial charge in [-0.3, -0.25) is 4.90 Å². The molecule has 26 heavy (non-hydrogen) atoms. The van der Waals surface area contributed by atoms with Gasteiger partial charge >= 0.3 is 5.63 Å². The minimum Gasteiger partial charge on any atom is -0.445 e. The first-order valence-electron chi connectivity index (χ1n) is 9.40. The van der Waals surface area contributed by atoms with E-state index >= 15 is 0 Å². The first-order valence-corrected chi connectivity index (χ1v) is 9.40. The zero-order valence-electron chi connectivity index (χ0n) is 14.7. The average molecular weight is 348 g/mol. The molecule has 4 heteroatoms. The fraction of sp³-hybridized carbons (Fsp3) is 0.318. The highest BCUT2D eigenvalue weighted by Crippen LogP contribution is 2.33. The van der Waals surface area contributed by atoms with Gasteiger partial charge in [-0.1, -0.05) is 30.3 Å². The van der Waals surface area contributed by atoms with Gasteiger partial charge in [0.15, 0.2) is 5.58 Å². The number of ether oxygens (including phenoxy) is 1. The van der Waals surface area contributed by atoms with Crippen LogP contribution in [0.3, 0.4) is 0 Å². The number of fused-ring (bicyclic) bond motifs is 5. The lowest BCUT2D eigenvalue weighted by molar-refractivity contribution is -0.932. The fourth-order valence-corrected chi connectivity index (χ4v) is 4.29. The molecule has 2 aromatic carbocycles. The van der Waals surface area contributed by atoms with Gasteiger partial charge < -0.3 is 9.15 Å². The third kappa shape index (κ3) is 2.61. The van der Waals surface area contributed by atoms with Crippen LogP contribution in [0.1, 0.15) is 28.7 Å². The van der Waals surface area contributed by atoms with E-state index in [4.69, 9.17) is 9.15 Å². The van der Waals surface area contributed by atoms with Gasteiger partial charge in [0.2, 0.25) is 6.73 Å². The number of nitrogens with one attached hydrogen (secondary N) is 1. The second-order valence-electron chi connectivity index (χ2n) is 7.32. The van der Waals surface area contributed by atoms with Crippen molar-refractivity contribution < 1.29 is 14.1 Å². The van der Waals surface area contributed by atoms with Crippen molar-refractivity contribution in [2.75, 3.05) is 13.3 Å². The van der Waals surface area contributed by atoms with Gasteiger partial charge in [0.05, 0.1) is 12.1 Å². The zero-order chi connectivity index (χ0) is 17.5. The van der Waals surface area contributed by atoms with Gasteiger partial charge in [0, 0.05) is 17.4 Å². The van der Waals surface area contributed by atoms with Crippen LogP contribution in [0.5, 0.6) is 5.75 Å². The Hall–Kier alpha value is -2.59. The maximum Gasteiger partial charge on any atom is 0.339 e. The highest BCUT2D eigenvalue weighted by Gasteiger charge is 2.27. The summed E-state index contributed by atoms with van der Waals surface area (Å²) in [5.74, 6) is 0.863. The molecule has 2 aliphatic rings. The Balaban J connectivity index is 1.47. The van der Waals surface area contributed by atoms with E-state index in [9.17, 15) is 4.79 Å². The van der Waals surface area contributed by atoms with Crippen molar-refractivity contribution in [2.24, 2.45) is 0 Å². The molecule has 1 aliphatic heterocycles. The maximum absolute atomic E-state index is 12.4. The lowest BCUT2D eigenvalue weighted by atomic mass is 10.0. The van der Waals surface area contributed by atoms with E-state index in [0.717, 1.165) is 66.6 Å². The quantitative estimate of drug-likeness (QED) is 0.739. The van der Waals surface area contributed by atoms with E-state index in [-0.39, 0.29) is 5.63 Å². The molecule has 1 aliphatic carbocycles. The Bertz CT molecular complexity index is 1020. The molecular weight excluding hydrogens is 326 g/mol. The Morgan fingerprint density at radius 3 is 2.69 bits per heavy atom. The van der Waals surface area contributed by atoms with Crippen LogP contribution in [0.2, 0.25) is 0 Å². The summed E-state index contributed by atoms with van der Waals surface area (Å²) in [7, 11) is 0. The second kappa shape index (κ2) is 6.29. The van der Waals surface area contributed by atoms with Crippen LogP contribution < -0.4 is 15.3 Å². The van der Waals surface area contributed by atoms with E-state index in [1.165, 1.54) is 16.0 Å². The minimum absolute atomic E-state index is 0.158. The monoisotopic (exact) mass is 348 g/mol. The predicted molar refractivity (Wildman–Crippen MR) is 99.7 cm³/mol. The molecule has 1 unspecified atom stereocenters. The van der Waals surface area contributed by atoms with Crippen molar-refractivity contribution in [3.63, 3.8) is 0 Å². The maximum atomic E-state index is 12.4. The molecule has 0 saturated heterocycles. The molecule has 1 aromatic heterocycles. The summed E-state index contributed by atoms with van der Waals surface area (Å²) in [4.78, 5) is 13.7. The van der Waals surface area contributed by atoms with Crippen molar-refractivity contribution in [1.29, 1.82) is 0 Å². The first kappa shape index (κ1) is 15.6. The summed E-state index contributed by atoms with van der Waals surface area (Å²) >= 11 is 0. The van der Waals surface area contributed by atoms with Crippen LogP contribution in [-0.2, 0) is 25.8 Å². The smallest absolute Gasteiger partial charge is 0.339 e. The molecule has 0 amide bonds. The molecule has 0 spiro atoms. The number of hydrogen-bond acceptors (Lipinski definition) is 3. The third-order valence-corrected chi connectivity index (χ3v) is 5.67. The minimum atomic E-state index is -0.158.